The molecule has 0 aliphatic carbocycles. The van der Waals surface area contributed by atoms with Crippen LogP contribution in [0, 0.1) is 0 Å². The molecule has 0 spiro atoms. The average molecular weight is 335 g/mol. The standard InChI is InChI=1S/C14H13N3O3S2/c15-10-12(18)17-11(14(19)20)8(7-22-13(10)17)4-6-21-9-3-1-2-5-16-9/h1-6,10,13H,7,15H2,(H,19,20)/t10?,13-/m0/s1. The van der Waals surface area contributed by atoms with E-state index in [1.165, 1.54) is 28.4 Å². The van der Waals surface area contributed by atoms with Gasteiger partial charge in [-0.2, -0.15) is 0 Å². The third kappa shape index (κ3) is 2.65. The Hall–Kier alpha value is -1.77. The molecular formula is C14H13N3O3S2. The highest BCUT2D eigenvalue weighted by molar-refractivity contribution is 8.02. The summed E-state index contributed by atoms with van der Waals surface area (Å²) in [7, 11) is 0. The van der Waals surface area contributed by atoms with Gasteiger partial charge in [-0.25, -0.2) is 9.78 Å². The van der Waals surface area contributed by atoms with Crippen molar-refractivity contribution in [3.8, 4) is 0 Å². The molecule has 1 aromatic heterocycles. The zero-order valence-electron chi connectivity index (χ0n) is 11.4. The number of fused-ring (bicyclic) bond motifs is 1. The van der Waals surface area contributed by atoms with Crippen LogP contribution < -0.4 is 5.73 Å². The number of hydrogen-bond acceptors (Lipinski definition) is 6. The lowest BCUT2D eigenvalue weighted by Crippen LogP contribution is -2.68. The van der Waals surface area contributed by atoms with E-state index < -0.39 is 12.0 Å². The van der Waals surface area contributed by atoms with Gasteiger partial charge in [0, 0.05) is 11.9 Å². The fraction of sp³-hybridized carbons (Fsp3) is 0.214. The molecule has 1 saturated heterocycles. The Morgan fingerprint density at radius 3 is 3.05 bits per heavy atom. The van der Waals surface area contributed by atoms with Crippen LogP contribution in [0.4, 0.5) is 0 Å². The number of nitrogens with zero attached hydrogens (tertiary/aromatic N) is 2. The van der Waals surface area contributed by atoms with Crippen LogP contribution in [0.3, 0.4) is 0 Å². The Morgan fingerprint density at radius 1 is 1.55 bits per heavy atom. The zero-order valence-corrected chi connectivity index (χ0v) is 13.0. The number of carbonyl (C=O) groups excluding carboxylic acids is 1. The molecule has 2 atom stereocenters. The second kappa shape index (κ2) is 6.15. The van der Waals surface area contributed by atoms with Crippen LogP contribution in [0.5, 0.6) is 0 Å². The largest absolute Gasteiger partial charge is 0.477 e. The summed E-state index contributed by atoms with van der Waals surface area (Å²) < 4.78 is 0. The number of carbonyl (C=O) groups is 2. The summed E-state index contributed by atoms with van der Waals surface area (Å²) in [5.41, 5.74) is 6.35. The van der Waals surface area contributed by atoms with Gasteiger partial charge in [-0.05, 0) is 29.2 Å². The molecule has 0 bridgehead atoms. The Kier molecular flexibility index (Phi) is 4.23. The van der Waals surface area contributed by atoms with Gasteiger partial charge in [0.25, 0.3) is 0 Å². The maximum atomic E-state index is 11.8. The molecule has 2 aliphatic heterocycles. The second-order valence-electron chi connectivity index (χ2n) is 4.70. The zero-order chi connectivity index (χ0) is 15.7. The van der Waals surface area contributed by atoms with E-state index >= 15 is 0 Å². The van der Waals surface area contributed by atoms with E-state index in [2.05, 4.69) is 4.98 Å². The van der Waals surface area contributed by atoms with E-state index in [9.17, 15) is 14.7 Å². The summed E-state index contributed by atoms with van der Waals surface area (Å²) in [6.45, 7) is 0. The number of aliphatic carboxylic acids is 1. The Morgan fingerprint density at radius 2 is 2.36 bits per heavy atom. The minimum Gasteiger partial charge on any atom is -0.477 e. The maximum absolute atomic E-state index is 11.8. The van der Waals surface area contributed by atoms with Gasteiger partial charge in [0.1, 0.15) is 22.1 Å². The minimum atomic E-state index is -1.10. The topological polar surface area (TPSA) is 96.5 Å². The van der Waals surface area contributed by atoms with Crippen molar-refractivity contribution in [2.45, 2.75) is 16.4 Å². The number of rotatable bonds is 4. The number of aromatic nitrogens is 1. The first-order valence-corrected chi connectivity index (χ1v) is 8.43. The molecule has 2 aliphatic rings. The van der Waals surface area contributed by atoms with Crippen molar-refractivity contribution in [1.29, 1.82) is 0 Å². The molecule has 8 heteroatoms. The minimum absolute atomic E-state index is 0.0355. The van der Waals surface area contributed by atoms with Crippen LogP contribution >= 0.6 is 23.5 Å². The van der Waals surface area contributed by atoms with Crippen LogP contribution in [-0.2, 0) is 9.59 Å². The summed E-state index contributed by atoms with van der Waals surface area (Å²) in [6.07, 6.45) is 3.42. The first kappa shape index (κ1) is 15.1. The van der Waals surface area contributed by atoms with E-state index in [0.29, 0.717) is 11.3 Å². The second-order valence-corrected chi connectivity index (χ2v) is 6.73. The predicted molar refractivity (Wildman–Crippen MR) is 85.0 cm³/mol. The van der Waals surface area contributed by atoms with Crippen LogP contribution in [0.25, 0.3) is 0 Å². The van der Waals surface area contributed by atoms with Gasteiger partial charge in [0.05, 0.1) is 0 Å². The summed E-state index contributed by atoms with van der Waals surface area (Å²) in [5, 5.41) is 11.7. The third-order valence-electron chi connectivity index (χ3n) is 3.34. The number of pyridine rings is 1. The quantitative estimate of drug-likeness (QED) is 0.632. The lowest BCUT2D eigenvalue weighted by molar-refractivity contribution is -0.147. The predicted octanol–water partition coefficient (Wildman–Crippen LogP) is 1.27. The average Bonchev–Trinajstić information content (AvgIpc) is 2.54. The van der Waals surface area contributed by atoms with E-state index in [1.54, 1.807) is 17.7 Å². The number of hydrogen-bond donors (Lipinski definition) is 2. The molecule has 1 aromatic rings. The lowest BCUT2D eigenvalue weighted by Gasteiger charge is -2.47. The summed E-state index contributed by atoms with van der Waals surface area (Å²) in [6, 6.07) is 4.97. The molecule has 22 heavy (non-hydrogen) atoms. The highest BCUT2D eigenvalue weighted by Gasteiger charge is 2.51. The van der Waals surface area contributed by atoms with Crippen LogP contribution in [0.15, 0.2) is 52.2 Å². The lowest BCUT2D eigenvalue weighted by atomic mass is 10.0. The summed E-state index contributed by atoms with van der Waals surface area (Å²) in [4.78, 5) is 28.7. The van der Waals surface area contributed by atoms with E-state index in [1.807, 2.05) is 18.2 Å². The monoisotopic (exact) mass is 335 g/mol. The van der Waals surface area contributed by atoms with Gasteiger partial charge >= 0.3 is 5.97 Å². The normalized spacial score (nSPS) is 24.4. The molecule has 3 N–H and O–H groups in total. The van der Waals surface area contributed by atoms with Crippen LogP contribution in [-0.4, -0.2) is 44.0 Å². The van der Waals surface area contributed by atoms with Gasteiger partial charge < -0.3 is 10.8 Å². The molecule has 0 radical (unpaired) electrons. The number of allylic oxidation sites excluding steroid dienone is 1. The molecule has 1 fully saturated rings. The molecule has 0 aromatic carbocycles. The fourth-order valence-corrected chi connectivity index (χ4v) is 4.19. The SMILES string of the molecule is NC1C(=O)N2C(C(=O)O)=C(C=CSc3ccccn3)CS[C@@H]12. The number of carboxylic acids is 1. The number of thioether (sulfide) groups is 2. The Labute approximate surface area is 135 Å². The third-order valence-corrected chi connectivity index (χ3v) is 5.42. The molecule has 6 nitrogen and oxygen atoms in total. The van der Waals surface area contributed by atoms with Crippen LogP contribution in [0.1, 0.15) is 0 Å². The highest BCUT2D eigenvalue weighted by Crippen LogP contribution is 2.39. The summed E-state index contributed by atoms with van der Waals surface area (Å²) >= 11 is 2.88. The van der Waals surface area contributed by atoms with Crippen molar-refractivity contribution >= 4 is 35.4 Å². The van der Waals surface area contributed by atoms with Crippen molar-refractivity contribution in [3.63, 3.8) is 0 Å². The van der Waals surface area contributed by atoms with Crippen molar-refractivity contribution in [1.82, 2.24) is 9.88 Å². The van der Waals surface area contributed by atoms with Gasteiger partial charge in [0.15, 0.2) is 0 Å². The molecular weight excluding hydrogens is 322 g/mol. The first-order valence-electron chi connectivity index (χ1n) is 6.50. The molecule has 1 amide bonds. The van der Waals surface area contributed by atoms with Gasteiger partial charge in [0.2, 0.25) is 5.91 Å². The van der Waals surface area contributed by atoms with Crippen molar-refractivity contribution in [3.05, 3.63) is 47.2 Å². The van der Waals surface area contributed by atoms with Crippen LogP contribution in [0.2, 0.25) is 0 Å². The number of amides is 1. The molecule has 3 rings (SSSR count). The highest BCUT2D eigenvalue weighted by atomic mass is 32.2. The Bertz CT molecular complexity index is 675. The van der Waals surface area contributed by atoms with Crippen molar-refractivity contribution in [2.24, 2.45) is 5.73 Å². The Balaban J connectivity index is 1.81. The van der Waals surface area contributed by atoms with E-state index in [0.717, 1.165) is 5.03 Å². The smallest absolute Gasteiger partial charge is 0.352 e. The molecule has 114 valence electrons. The summed E-state index contributed by atoms with van der Waals surface area (Å²) in [5.74, 6) is -0.922. The molecule has 0 saturated carbocycles. The molecule has 3 heterocycles. The fourth-order valence-electron chi connectivity index (χ4n) is 2.27. The number of β-lactam (4-membered cyclic amide) rings is 1. The van der Waals surface area contributed by atoms with Gasteiger partial charge in [-0.1, -0.05) is 17.8 Å². The van der Waals surface area contributed by atoms with E-state index in [-0.39, 0.29) is 17.0 Å². The van der Waals surface area contributed by atoms with Crippen molar-refractivity contribution in [2.75, 3.05) is 5.75 Å². The van der Waals surface area contributed by atoms with Gasteiger partial charge in [-0.3, -0.25) is 9.69 Å². The first-order chi connectivity index (χ1) is 10.6. The van der Waals surface area contributed by atoms with Crippen molar-refractivity contribution < 1.29 is 14.7 Å². The van der Waals surface area contributed by atoms with E-state index in [4.69, 9.17) is 5.73 Å². The molecule has 1 unspecified atom stereocenters. The number of carboxylic acid groups (broad SMARTS) is 1. The van der Waals surface area contributed by atoms with Gasteiger partial charge in [-0.15, -0.1) is 11.8 Å². The maximum Gasteiger partial charge on any atom is 0.352 e. The number of nitrogens with two attached hydrogens (primary N) is 1.